The normalized spacial score (nSPS) is 10.3. The van der Waals surface area contributed by atoms with E-state index in [2.05, 4.69) is 4.98 Å². The fourth-order valence-electron chi connectivity index (χ4n) is 2.20. The Morgan fingerprint density at radius 3 is 1.78 bits per heavy atom. The van der Waals surface area contributed by atoms with E-state index in [9.17, 15) is 0 Å². The van der Waals surface area contributed by atoms with E-state index in [1.165, 1.54) is 0 Å². The van der Waals surface area contributed by atoms with Gasteiger partial charge in [0.05, 0.1) is 16.7 Å². The SMILES string of the molecule is CN(N)c1c2ccccc2nc2ccccc12.Cl. The molecular weight excluding hydrogens is 246 g/mol. The van der Waals surface area contributed by atoms with Gasteiger partial charge in [0.15, 0.2) is 0 Å². The molecule has 1 aromatic heterocycles. The molecule has 3 aromatic rings. The summed E-state index contributed by atoms with van der Waals surface area (Å²) < 4.78 is 0. The first kappa shape index (κ1) is 12.6. The van der Waals surface area contributed by atoms with Crippen LogP contribution in [0.1, 0.15) is 0 Å². The van der Waals surface area contributed by atoms with E-state index in [0.29, 0.717) is 0 Å². The van der Waals surface area contributed by atoms with Gasteiger partial charge in [-0.3, -0.25) is 0 Å². The number of nitrogens with two attached hydrogens (primary N) is 1. The van der Waals surface area contributed by atoms with E-state index in [-0.39, 0.29) is 12.4 Å². The number of fused-ring (bicyclic) bond motifs is 2. The lowest BCUT2D eigenvalue weighted by Gasteiger charge is -2.17. The molecule has 2 aromatic carbocycles. The molecule has 3 nitrogen and oxygen atoms in total. The number of anilines is 1. The van der Waals surface area contributed by atoms with Crippen molar-refractivity contribution in [1.29, 1.82) is 0 Å². The number of aromatic nitrogens is 1. The van der Waals surface area contributed by atoms with Gasteiger partial charge < -0.3 is 5.01 Å². The van der Waals surface area contributed by atoms with E-state index < -0.39 is 0 Å². The molecule has 2 N–H and O–H groups in total. The third kappa shape index (κ3) is 1.88. The second-order valence-corrected chi connectivity index (χ2v) is 4.11. The summed E-state index contributed by atoms with van der Waals surface area (Å²) in [5.41, 5.74) is 2.96. The van der Waals surface area contributed by atoms with Crippen LogP contribution in [0, 0.1) is 0 Å². The molecule has 0 saturated heterocycles. The highest BCUT2D eigenvalue weighted by Crippen LogP contribution is 2.31. The number of pyridine rings is 1. The Balaban J connectivity index is 0.00000120. The van der Waals surface area contributed by atoms with Crippen LogP contribution < -0.4 is 10.9 Å². The molecule has 0 bridgehead atoms. The van der Waals surface area contributed by atoms with Crippen LogP contribution in [0.3, 0.4) is 0 Å². The van der Waals surface area contributed by atoms with Gasteiger partial charge in [0.1, 0.15) is 0 Å². The van der Waals surface area contributed by atoms with Crippen LogP contribution in [0.4, 0.5) is 5.69 Å². The summed E-state index contributed by atoms with van der Waals surface area (Å²) in [5, 5.41) is 3.82. The van der Waals surface area contributed by atoms with Crippen molar-refractivity contribution in [2.24, 2.45) is 5.84 Å². The molecule has 0 unspecified atom stereocenters. The van der Waals surface area contributed by atoms with Gasteiger partial charge in [0, 0.05) is 17.8 Å². The van der Waals surface area contributed by atoms with Crippen LogP contribution in [0.2, 0.25) is 0 Å². The number of nitrogens with zero attached hydrogens (tertiary/aromatic N) is 2. The molecule has 0 saturated carbocycles. The summed E-state index contributed by atoms with van der Waals surface area (Å²) in [7, 11) is 1.86. The number of hydrogen-bond donors (Lipinski definition) is 1. The summed E-state index contributed by atoms with van der Waals surface area (Å²) in [6.45, 7) is 0. The summed E-state index contributed by atoms with van der Waals surface area (Å²) in [6.07, 6.45) is 0. The molecule has 0 spiro atoms. The first-order valence-corrected chi connectivity index (χ1v) is 5.53. The zero-order chi connectivity index (χ0) is 11.8. The molecule has 0 atom stereocenters. The molecule has 0 aliphatic rings. The highest BCUT2D eigenvalue weighted by molar-refractivity contribution is 6.07. The first-order valence-electron chi connectivity index (χ1n) is 5.53. The maximum absolute atomic E-state index is 5.95. The lowest BCUT2D eigenvalue weighted by Crippen LogP contribution is -2.25. The predicted octanol–water partition coefficient (Wildman–Crippen LogP) is 3.12. The number of benzene rings is 2. The van der Waals surface area contributed by atoms with Crippen LogP contribution in [-0.2, 0) is 0 Å². The molecule has 1 heterocycles. The van der Waals surface area contributed by atoms with Crippen molar-refractivity contribution in [3.05, 3.63) is 48.5 Å². The number of hydrogen-bond acceptors (Lipinski definition) is 3. The molecule has 18 heavy (non-hydrogen) atoms. The lowest BCUT2D eigenvalue weighted by atomic mass is 10.1. The lowest BCUT2D eigenvalue weighted by molar-refractivity contribution is 1.03. The fourth-order valence-corrected chi connectivity index (χ4v) is 2.20. The molecule has 3 rings (SSSR count). The number of para-hydroxylation sites is 2. The van der Waals surface area contributed by atoms with Crippen molar-refractivity contribution in [1.82, 2.24) is 4.98 Å². The largest absolute Gasteiger partial charge is 0.313 e. The zero-order valence-electron chi connectivity index (χ0n) is 10.00. The third-order valence-corrected chi connectivity index (χ3v) is 2.91. The van der Waals surface area contributed by atoms with E-state index in [1.54, 1.807) is 5.01 Å². The molecule has 0 fully saturated rings. The second kappa shape index (κ2) is 4.80. The van der Waals surface area contributed by atoms with E-state index in [0.717, 1.165) is 27.5 Å². The molecule has 0 amide bonds. The van der Waals surface area contributed by atoms with E-state index in [1.807, 2.05) is 55.6 Å². The van der Waals surface area contributed by atoms with Crippen molar-refractivity contribution in [3.8, 4) is 0 Å². The van der Waals surface area contributed by atoms with Crippen molar-refractivity contribution < 1.29 is 0 Å². The minimum atomic E-state index is 0. The van der Waals surface area contributed by atoms with Crippen molar-refractivity contribution in [2.75, 3.05) is 12.1 Å². The van der Waals surface area contributed by atoms with Crippen molar-refractivity contribution in [3.63, 3.8) is 0 Å². The minimum absolute atomic E-state index is 0. The van der Waals surface area contributed by atoms with Gasteiger partial charge in [-0.15, -0.1) is 12.4 Å². The molecule has 92 valence electrons. The standard InChI is InChI=1S/C14H13N3.ClH/c1-17(15)14-10-6-2-4-8-12(10)16-13-9-5-3-7-11(13)14;/h2-9H,15H2,1H3;1H. The zero-order valence-corrected chi connectivity index (χ0v) is 10.8. The minimum Gasteiger partial charge on any atom is -0.313 e. The molecule has 0 radical (unpaired) electrons. The Bertz CT molecular complexity index is 641. The Morgan fingerprint density at radius 1 is 0.889 bits per heavy atom. The first-order chi connectivity index (χ1) is 8.27. The maximum atomic E-state index is 5.95. The van der Waals surface area contributed by atoms with Gasteiger partial charge in [0.25, 0.3) is 0 Å². The van der Waals surface area contributed by atoms with Gasteiger partial charge in [-0.2, -0.15) is 0 Å². The summed E-state index contributed by atoms with van der Waals surface area (Å²) >= 11 is 0. The van der Waals surface area contributed by atoms with Gasteiger partial charge >= 0.3 is 0 Å². The van der Waals surface area contributed by atoms with Crippen LogP contribution in [-0.4, -0.2) is 12.0 Å². The van der Waals surface area contributed by atoms with Crippen LogP contribution in [0.25, 0.3) is 21.8 Å². The Kier molecular flexibility index (Phi) is 3.36. The number of rotatable bonds is 1. The van der Waals surface area contributed by atoms with Gasteiger partial charge in [0.2, 0.25) is 0 Å². The summed E-state index contributed by atoms with van der Waals surface area (Å²) in [6, 6.07) is 16.1. The van der Waals surface area contributed by atoms with E-state index in [4.69, 9.17) is 5.84 Å². The van der Waals surface area contributed by atoms with Gasteiger partial charge in [-0.25, -0.2) is 10.8 Å². The van der Waals surface area contributed by atoms with Gasteiger partial charge in [-0.05, 0) is 12.1 Å². The van der Waals surface area contributed by atoms with Gasteiger partial charge in [-0.1, -0.05) is 36.4 Å². The Hall–Kier alpha value is -1.84. The summed E-state index contributed by atoms with van der Waals surface area (Å²) in [4.78, 5) is 4.64. The quantitative estimate of drug-likeness (QED) is 0.415. The predicted molar refractivity (Wildman–Crippen MR) is 79.1 cm³/mol. The molecule has 0 aliphatic heterocycles. The Morgan fingerprint density at radius 2 is 1.33 bits per heavy atom. The average molecular weight is 260 g/mol. The monoisotopic (exact) mass is 259 g/mol. The number of hydrazine groups is 1. The smallest absolute Gasteiger partial charge is 0.0731 e. The Labute approximate surface area is 112 Å². The van der Waals surface area contributed by atoms with Crippen molar-refractivity contribution >= 4 is 39.9 Å². The molecule has 4 heteroatoms. The fraction of sp³-hybridized carbons (Fsp3) is 0.0714. The van der Waals surface area contributed by atoms with E-state index >= 15 is 0 Å². The van der Waals surface area contributed by atoms with Crippen LogP contribution >= 0.6 is 12.4 Å². The van der Waals surface area contributed by atoms with Crippen molar-refractivity contribution in [2.45, 2.75) is 0 Å². The summed E-state index contributed by atoms with van der Waals surface area (Å²) in [5.74, 6) is 5.95. The van der Waals surface area contributed by atoms with Crippen LogP contribution in [0.5, 0.6) is 0 Å². The highest BCUT2D eigenvalue weighted by atomic mass is 35.5. The average Bonchev–Trinajstić information content (AvgIpc) is 2.35. The second-order valence-electron chi connectivity index (χ2n) is 4.11. The number of halogens is 1. The highest BCUT2D eigenvalue weighted by Gasteiger charge is 2.09. The molecule has 0 aliphatic carbocycles. The third-order valence-electron chi connectivity index (χ3n) is 2.91. The molecular formula is C14H14ClN3. The topological polar surface area (TPSA) is 42.1 Å². The van der Waals surface area contributed by atoms with Crippen LogP contribution in [0.15, 0.2) is 48.5 Å². The maximum Gasteiger partial charge on any atom is 0.0731 e.